The first-order chi connectivity index (χ1) is 22.3. The van der Waals surface area contributed by atoms with Crippen LogP contribution < -0.4 is 0 Å². The van der Waals surface area contributed by atoms with E-state index in [1.807, 2.05) is 52.6 Å². The molecule has 7 rings (SSSR count). The highest BCUT2D eigenvalue weighted by atomic mass is 32.2. The summed E-state index contributed by atoms with van der Waals surface area (Å²) in [5, 5.41) is 0.374. The normalized spacial score (nSPS) is 23.0. The van der Waals surface area contributed by atoms with Gasteiger partial charge in [0.15, 0.2) is 0 Å². The predicted molar refractivity (Wildman–Crippen MR) is 184 cm³/mol. The van der Waals surface area contributed by atoms with Gasteiger partial charge in [0.05, 0.1) is 39.6 Å². The molecule has 248 valence electrons. The maximum atomic E-state index is 12.8. The van der Waals surface area contributed by atoms with Crippen molar-refractivity contribution in [3.05, 3.63) is 60.3 Å². The van der Waals surface area contributed by atoms with E-state index in [4.69, 9.17) is 14.5 Å². The summed E-state index contributed by atoms with van der Waals surface area (Å²) >= 11 is 1.80. The topological polar surface area (TPSA) is 116 Å². The van der Waals surface area contributed by atoms with Crippen molar-refractivity contribution < 1.29 is 19.1 Å². The molecule has 0 radical (unpaired) electrons. The molecule has 47 heavy (non-hydrogen) atoms. The van der Waals surface area contributed by atoms with Gasteiger partial charge in [0.1, 0.15) is 22.9 Å². The summed E-state index contributed by atoms with van der Waals surface area (Å²) in [6.45, 7) is 12.8. The number of benzene rings is 2. The van der Waals surface area contributed by atoms with Crippen molar-refractivity contribution in [2.24, 2.45) is 5.92 Å². The fraction of sp³-hybridized carbons (Fsp3) is 0.500. The largest absolute Gasteiger partial charge is 0.444 e. The van der Waals surface area contributed by atoms with Gasteiger partial charge in [-0.25, -0.2) is 19.6 Å². The zero-order chi connectivity index (χ0) is 33.1. The molecule has 10 nitrogen and oxygen atoms in total. The Morgan fingerprint density at radius 3 is 2.17 bits per heavy atom. The number of rotatable bonds is 4. The molecule has 5 heterocycles. The fourth-order valence-electron chi connectivity index (χ4n) is 6.85. The number of piperidine rings is 1. The van der Waals surface area contributed by atoms with Gasteiger partial charge in [0, 0.05) is 19.0 Å². The number of aromatic amines is 2. The lowest BCUT2D eigenvalue weighted by Gasteiger charge is -2.51. The van der Waals surface area contributed by atoms with E-state index >= 15 is 0 Å². The van der Waals surface area contributed by atoms with E-state index in [1.54, 1.807) is 16.7 Å². The van der Waals surface area contributed by atoms with Crippen LogP contribution in [0, 0.1) is 5.92 Å². The van der Waals surface area contributed by atoms with Gasteiger partial charge < -0.3 is 19.4 Å². The molecule has 0 saturated carbocycles. The number of hydrogen-bond donors (Lipinski definition) is 2. The van der Waals surface area contributed by atoms with E-state index < -0.39 is 11.2 Å². The van der Waals surface area contributed by atoms with Crippen molar-refractivity contribution in [3.63, 3.8) is 0 Å². The minimum atomic E-state index is -0.536. The maximum Gasteiger partial charge on any atom is 0.411 e. The number of amides is 2. The molecule has 4 atom stereocenters. The van der Waals surface area contributed by atoms with Crippen molar-refractivity contribution in [2.75, 3.05) is 13.1 Å². The number of H-pyrrole nitrogens is 2. The number of carbonyl (C=O) groups is 2. The van der Waals surface area contributed by atoms with Gasteiger partial charge in [0.2, 0.25) is 0 Å². The third-order valence-electron chi connectivity index (χ3n) is 9.00. The van der Waals surface area contributed by atoms with E-state index in [0.29, 0.717) is 12.5 Å². The molecule has 3 saturated heterocycles. The molecule has 11 heteroatoms. The Hall–Kier alpha value is -3.99. The lowest BCUT2D eigenvalue weighted by atomic mass is 9.92. The quantitative estimate of drug-likeness (QED) is 0.226. The van der Waals surface area contributed by atoms with E-state index in [0.717, 1.165) is 77.3 Å². The van der Waals surface area contributed by atoms with Crippen LogP contribution in [-0.2, 0) is 9.47 Å². The number of carbonyl (C=O) groups excluding carboxylic acids is 2. The van der Waals surface area contributed by atoms with Gasteiger partial charge in [-0.2, -0.15) is 0 Å². The summed E-state index contributed by atoms with van der Waals surface area (Å²) in [6.07, 6.45) is 5.16. The highest BCUT2D eigenvalue weighted by Gasteiger charge is 2.51. The number of thioether (sulfide) groups is 1. The first kappa shape index (κ1) is 31.6. The minimum absolute atomic E-state index is 0.116. The van der Waals surface area contributed by atoms with Crippen LogP contribution >= 0.6 is 11.8 Å². The van der Waals surface area contributed by atoms with Crippen LogP contribution in [0.2, 0.25) is 0 Å². The molecule has 2 amide bonds. The van der Waals surface area contributed by atoms with Crippen LogP contribution in [0.5, 0.6) is 0 Å². The molecule has 2 aromatic carbocycles. The van der Waals surface area contributed by atoms with Crippen LogP contribution in [0.25, 0.3) is 33.4 Å². The molecular weight excluding hydrogens is 613 g/mol. The van der Waals surface area contributed by atoms with Crippen LogP contribution in [0.4, 0.5) is 9.59 Å². The Kier molecular flexibility index (Phi) is 8.01. The summed E-state index contributed by atoms with van der Waals surface area (Å²) in [5.74, 6) is 2.13. The molecule has 0 spiro atoms. The fourth-order valence-corrected chi connectivity index (χ4v) is 8.44. The Morgan fingerprint density at radius 1 is 0.809 bits per heavy atom. The molecule has 0 bridgehead atoms. The summed E-state index contributed by atoms with van der Waals surface area (Å²) in [7, 11) is 0. The standard InChI is InChI=1S/C36H44N6O4S/c1-35(2,3)45-33(43)41-17-8-10-28(41)30-37-20-27(40-30)22-13-11-21(12-14-22)23-15-16-25-26(19-23)39-31(38-25)29-24-9-7-18-42(32(24)47-29)34(44)46-36(4,5)6/h11-16,19-20,24,28-29,32H,7-10,17-18H2,1-6H3,(H,37,40)(H,38,39). The lowest BCUT2D eigenvalue weighted by Crippen LogP contribution is -2.54. The lowest BCUT2D eigenvalue weighted by molar-refractivity contribution is 0.00889. The van der Waals surface area contributed by atoms with Crippen molar-refractivity contribution in [3.8, 4) is 22.4 Å². The summed E-state index contributed by atoms with van der Waals surface area (Å²) in [6, 6.07) is 14.7. The second-order valence-electron chi connectivity index (χ2n) is 14.9. The van der Waals surface area contributed by atoms with Crippen molar-refractivity contribution >= 4 is 35.0 Å². The number of nitrogens with one attached hydrogen (secondary N) is 2. The predicted octanol–water partition coefficient (Wildman–Crippen LogP) is 8.45. The SMILES string of the molecule is CC(C)(C)OC(=O)N1CCCC1c1ncc(-c2ccc(-c3ccc4nc(C5SC6C5CCCN6C(=O)OC(C)(C)C)[nH]c4c3)cc2)[nH]1. The molecule has 3 aliphatic heterocycles. The average molecular weight is 657 g/mol. The number of fused-ring (bicyclic) bond motifs is 2. The van der Waals surface area contributed by atoms with Gasteiger partial charge in [-0.15, -0.1) is 11.8 Å². The van der Waals surface area contributed by atoms with Gasteiger partial charge >= 0.3 is 12.2 Å². The van der Waals surface area contributed by atoms with E-state index in [-0.39, 0.29) is 28.9 Å². The Balaban J connectivity index is 1.03. The average Bonchev–Trinajstić information content (AvgIpc) is 3.75. The highest BCUT2D eigenvalue weighted by Crippen LogP contribution is 2.57. The van der Waals surface area contributed by atoms with Gasteiger partial charge in [-0.05, 0) is 96.0 Å². The second kappa shape index (κ2) is 11.9. The molecule has 4 unspecified atom stereocenters. The zero-order valence-corrected chi connectivity index (χ0v) is 28.8. The Morgan fingerprint density at radius 2 is 1.45 bits per heavy atom. The number of likely N-dealkylation sites (tertiary alicyclic amines) is 2. The van der Waals surface area contributed by atoms with Crippen molar-refractivity contribution in [1.82, 2.24) is 29.7 Å². The first-order valence-electron chi connectivity index (χ1n) is 16.6. The molecule has 2 N–H and O–H groups in total. The monoisotopic (exact) mass is 656 g/mol. The van der Waals surface area contributed by atoms with Crippen molar-refractivity contribution in [2.45, 2.75) is 95.1 Å². The van der Waals surface area contributed by atoms with Crippen LogP contribution in [0.15, 0.2) is 48.7 Å². The van der Waals surface area contributed by atoms with Crippen LogP contribution in [0.3, 0.4) is 0 Å². The second-order valence-corrected chi connectivity index (χ2v) is 16.1. The molecule has 3 aliphatic rings. The van der Waals surface area contributed by atoms with Crippen LogP contribution in [0.1, 0.15) is 90.2 Å². The summed E-state index contributed by atoms with van der Waals surface area (Å²) < 4.78 is 11.3. The van der Waals surface area contributed by atoms with Gasteiger partial charge in [0.25, 0.3) is 0 Å². The van der Waals surface area contributed by atoms with Gasteiger partial charge in [-0.1, -0.05) is 30.3 Å². The number of nitrogens with zero attached hydrogens (tertiary/aromatic N) is 4. The maximum absolute atomic E-state index is 12.8. The number of ether oxygens (including phenoxy) is 2. The minimum Gasteiger partial charge on any atom is -0.444 e. The number of imidazole rings is 2. The molecule has 2 aromatic heterocycles. The smallest absolute Gasteiger partial charge is 0.411 e. The molecule has 3 fully saturated rings. The Labute approximate surface area is 280 Å². The first-order valence-corrected chi connectivity index (χ1v) is 17.6. The molecular formula is C36H44N6O4S. The molecule has 4 aromatic rings. The third-order valence-corrected chi connectivity index (χ3v) is 10.8. The van der Waals surface area contributed by atoms with Gasteiger partial charge in [-0.3, -0.25) is 9.80 Å². The third kappa shape index (κ3) is 6.46. The Bertz CT molecular complexity index is 1790. The highest BCUT2D eigenvalue weighted by molar-refractivity contribution is 8.01. The summed E-state index contributed by atoms with van der Waals surface area (Å²) in [4.78, 5) is 46.0. The van der Waals surface area contributed by atoms with E-state index in [1.165, 1.54) is 0 Å². The van der Waals surface area contributed by atoms with Crippen LogP contribution in [-0.4, -0.2) is 71.6 Å². The van der Waals surface area contributed by atoms with E-state index in [2.05, 4.69) is 57.4 Å². The van der Waals surface area contributed by atoms with Crippen molar-refractivity contribution in [1.29, 1.82) is 0 Å². The zero-order valence-electron chi connectivity index (χ0n) is 28.0. The number of hydrogen-bond acceptors (Lipinski definition) is 7. The summed E-state index contributed by atoms with van der Waals surface area (Å²) in [5.41, 5.74) is 5.08. The number of aromatic nitrogens is 4. The molecule has 0 aliphatic carbocycles. The van der Waals surface area contributed by atoms with E-state index in [9.17, 15) is 9.59 Å².